The number of amides is 1. The van der Waals surface area contributed by atoms with Crippen LogP contribution in [0.5, 0.6) is 5.75 Å². The molecule has 5 heteroatoms. The highest BCUT2D eigenvalue weighted by atomic mass is 16.3. The highest BCUT2D eigenvalue weighted by Crippen LogP contribution is 2.19. The lowest BCUT2D eigenvalue weighted by Crippen LogP contribution is -2.39. The van der Waals surface area contributed by atoms with Crippen molar-refractivity contribution in [1.29, 1.82) is 0 Å². The van der Waals surface area contributed by atoms with Crippen molar-refractivity contribution in [3.8, 4) is 5.75 Å². The number of hydrogen-bond donors (Lipinski definition) is 4. The first-order valence-corrected chi connectivity index (χ1v) is 5.96. The van der Waals surface area contributed by atoms with Crippen LogP contribution in [-0.4, -0.2) is 28.8 Å². The Morgan fingerprint density at radius 3 is 2.67 bits per heavy atom. The van der Waals surface area contributed by atoms with Crippen LogP contribution < -0.4 is 11.1 Å². The Labute approximate surface area is 107 Å². The van der Waals surface area contributed by atoms with Crippen molar-refractivity contribution in [3.63, 3.8) is 0 Å². The van der Waals surface area contributed by atoms with Gasteiger partial charge in [0, 0.05) is 18.3 Å². The Bertz CT molecular complexity index is 419. The minimum atomic E-state index is -0.337. The van der Waals surface area contributed by atoms with Gasteiger partial charge in [0.05, 0.1) is 5.56 Å². The number of aliphatic hydroxyl groups excluding tert-OH is 1. The number of nitrogens with one attached hydrogen (secondary N) is 1. The molecule has 1 aromatic rings. The first kappa shape index (κ1) is 14.3. The summed E-state index contributed by atoms with van der Waals surface area (Å²) in [6.45, 7) is 3.94. The van der Waals surface area contributed by atoms with E-state index in [0.717, 1.165) is 0 Å². The van der Waals surface area contributed by atoms with Crippen molar-refractivity contribution in [2.75, 3.05) is 12.3 Å². The number of rotatable bonds is 5. The molecule has 18 heavy (non-hydrogen) atoms. The summed E-state index contributed by atoms with van der Waals surface area (Å²) >= 11 is 0. The lowest BCUT2D eigenvalue weighted by Gasteiger charge is -2.21. The Hall–Kier alpha value is -1.75. The number of benzene rings is 1. The normalized spacial score (nSPS) is 12.4. The first-order chi connectivity index (χ1) is 8.45. The number of nitrogen functional groups attached to an aromatic ring is 1. The minimum Gasteiger partial charge on any atom is -0.508 e. The zero-order valence-corrected chi connectivity index (χ0v) is 10.7. The Kier molecular flexibility index (Phi) is 4.97. The van der Waals surface area contributed by atoms with E-state index < -0.39 is 0 Å². The van der Waals surface area contributed by atoms with Crippen molar-refractivity contribution in [2.24, 2.45) is 5.92 Å². The number of phenols is 1. The van der Waals surface area contributed by atoms with Gasteiger partial charge in [-0.25, -0.2) is 0 Å². The van der Waals surface area contributed by atoms with Crippen molar-refractivity contribution < 1.29 is 15.0 Å². The van der Waals surface area contributed by atoms with Gasteiger partial charge in [-0.15, -0.1) is 0 Å². The first-order valence-electron chi connectivity index (χ1n) is 5.96. The average molecular weight is 252 g/mol. The summed E-state index contributed by atoms with van der Waals surface area (Å²) in [5.74, 6) is -0.132. The van der Waals surface area contributed by atoms with Crippen LogP contribution in [0, 0.1) is 5.92 Å². The van der Waals surface area contributed by atoms with Gasteiger partial charge in [0.15, 0.2) is 0 Å². The van der Waals surface area contributed by atoms with Gasteiger partial charge in [0.25, 0.3) is 5.91 Å². The van der Waals surface area contributed by atoms with E-state index in [1.807, 2.05) is 13.8 Å². The standard InChI is InChI=1S/C13H20N2O3/c1-8(2)12(5-6-16)15-13(18)10-7-9(17)3-4-11(10)14/h3-4,7-8,12,16-17H,5-6,14H2,1-2H3,(H,15,18). The fourth-order valence-electron chi connectivity index (χ4n) is 1.70. The van der Waals surface area contributed by atoms with Gasteiger partial charge in [-0.1, -0.05) is 13.8 Å². The van der Waals surface area contributed by atoms with Crippen LogP contribution >= 0.6 is 0 Å². The number of phenolic OH excluding ortho intramolecular Hbond substituents is 1. The Morgan fingerprint density at radius 1 is 1.44 bits per heavy atom. The molecule has 0 saturated carbocycles. The summed E-state index contributed by atoms with van der Waals surface area (Å²) < 4.78 is 0. The van der Waals surface area contributed by atoms with Crippen LogP contribution in [-0.2, 0) is 0 Å². The van der Waals surface area contributed by atoms with Gasteiger partial charge in [-0.05, 0) is 30.5 Å². The second-order valence-electron chi connectivity index (χ2n) is 4.61. The lowest BCUT2D eigenvalue weighted by atomic mass is 10.0. The fraction of sp³-hybridized carbons (Fsp3) is 0.462. The highest BCUT2D eigenvalue weighted by Gasteiger charge is 2.18. The quantitative estimate of drug-likeness (QED) is 0.466. The summed E-state index contributed by atoms with van der Waals surface area (Å²) in [4.78, 5) is 12.0. The van der Waals surface area contributed by atoms with Crippen molar-refractivity contribution >= 4 is 11.6 Å². The van der Waals surface area contributed by atoms with E-state index >= 15 is 0 Å². The molecule has 0 heterocycles. The summed E-state index contributed by atoms with van der Waals surface area (Å²) in [5.41, 5.74) is 6.26. The summed E-state index contributed by atoms with van der Waals surface area (Å²) in [5, 5.41) is 21.1. The molecule has 100 valence electrons. The van der Waals surface area contributed by atoms with E-state index in [1.54, 1.807) is 0 Å². The third-order valence-corrected chi connectivity index (χ3v) is 2.84. The van der Waals surface area contributed by atoms with Gasteiger partial charge in [-0.3, -0.25) is 4.79 Å². The number of nitrogens with two attached hydrogens (primary N) is 1. The number of aromatic hydroxyl groups is 1. The molecule has 0 aliphatic heterocycles. The van der Waals surface area contributed by atoms with E-state index in [2.05, 4.69) is 5.32 Å². The van der Waals surface area contributed by atoms with Gasteiger partial charge in [0.2, 0.25) is 0 Å². The topological polar surface area (TPSA) is 95.6 Å². The Balaban J connectivity index is 2.83. The molecule has 0 aliphatic rings. The molecule has 0 radical (unpaired) electrons. The predicted octanol–water partition coefficient (Wildman–Crippen LogP) is 1.11. The van der Waals surface area contributed by atoms with Crippen LogP contribution in [0.3, 0.4) is 0 Å². The molecule has 1 aromatic carbocycles. The van der Waals surface area contributed by atoms with E-state index in [9.17, 15) is 9.90 Å². The lowest BCUT2D eigenvalue weighted by molar-refractivity contribution is 0.0917. The highest BCUT2D eigenvalue weighted by molar-refractivity contribution is 5.99. The zero-order chi connectivity index (χ0) is 13.7. The van der Waals surface area contributed by atoms with E-state index in [1.165, 1.54) is 18.2 Å². The van der Waals surface area contributed by atoms with Gasteiger partial charge < -0.3 is 21.3 Å². The smallest absolute Gasteiger partial charge is 0.253 e. The number of aliphatic hydroxyl groups is 1. The monoisotopic (exact) mass is 252 g/mol. The molecule has 1 unspecified atom stereocenters. The number of hydrogen-bond acceptors (Lipinski definition) is 4. The maximum atomic E-state index is 12.0. The SMILES string of the molecule is CC(C)C(CCO)NC(=O)c1cc(O)ccc1N. The molecule has 0 saturated heterocycles. The molecule has 0 fully saturated rings. The third-order valence-electron chi connectivity index (χ3n) is 2.84. The van der Waals surface area contributed by atoms with Gasteiger partial charge in [0.1, 0.15) is 5.75 Å². The third kappa shape index (κ3) is 3.63. The molecule has 5 N–H and O–H groups in total. The minimum absolute atomic E-state index is 0.00222. The van der Waals surface area contributed by atoms with Crippen LogP contribution in [0.25, 0.3) is 0 Å². The molecule has 0 spiro atoms. The molecular formula is C13H20N2O3. The predicted molar refractivity (Wildman–Crippen MR) is 70.3 cm³/mol. The van der Waals surface area contributed by atoms with E-state index in [0.29, 0.717) is 12.1 Å². The van der Waals surface area contributed by atoms with Crippen molar-refractivity contribution in [3.05, 3.63) is 23.8 Å². The summed E-state index contributed by atoms with van der Waals surface area (Å²) in [6.07, 6.45) is 0.488. The van der Waals surface area contributed by atoms with Crippen LogP contribution in [0.1, 0.15) is 30.6 Å². The molecular weight excluding hydrogens is 232 g/mol. The second-order valence-corrected chi connectivity index (χ2v) is 4.61. The van der Waals surface area contributed by atoms with Gasteiger partial charge in [-0.2, -0.15) is 0 Å². The molecule has 0 aromatic heterocycles. The summed E-state index contributed by atoms with van der Waals surface area (Å²) in [7, 11) is 0. The van der Waals surface area contributed by atoms with Gasteiger partial charge >= 0.3 is 0 Å². The molecule has 0 aliphatic carbocycles. The van der Waals surface area contributed by atoms with Crippen LogP contribution in [0.4, 0.5) is 5.69 Å². The Morgan fingerprint density at radius 2 is 2.11 bits per heavy atom. The fourth-order valence-corrected chi connectivity index (χ4v) is 1.70. The summed E-state index contributed by atoms with van der Waals surface area (Å²) in [6, 6.07) is 4.13. The van der Waals surface area contributed by atoms with Crippen molar-refractivity contribution in [1.82, 2.24) is 5.32 Å². The molecule has 1 rings (SSSR count). The molecule has 1 atom stereocenters. The van der Waals surface area contributed by atoms with E-state index in [4.69, 9.17) is 10.8 Å². The zero-order valence-electron chi connectivity index (χ0n) is 10.7. The average Bonchev–Trinajstić information content (AvgIpc) is 2.31. The largest absolute Gasteiger partial charge is 0.508 e. The van der Waals surface area contributed by atoms with Crippen LogP contribution in [0.15, 0.2) is 18.2 Å². The number of anilines is 1. The number of carbonyl (C=O) groups excluding carboxylic acids is 1. The maximum Gasteiger partial charge on any atom is 0.253 e. The maximum absolute atomic E-state index is 12.0. The second kappa shape index (κ2) is 6.26. The van der Waals surface area contributed by atoms with Crippen molar-refractivity contribution in [2.45, 2.75) is 26.3 Å². The molecule has 1 amide bonds. The molecule has 5 nitrogen and oxygen atoms in total. The molecule has 0 bridgehead atoms. The van der Waals surface area contributed by atoms with E-state index in [-0.39, 0.29) is 35.8 Å². The van der Waals surface area contributed by atoms with Crippen LogP contribution in [0.2, 0.25) is 0 Å². The number of carbonyl (C=O) groups is 1.